The highest BCUT2D eigenvalue weighted by atomic mass is 32.1. The molecule has 0 aliphatic carbocycles. The van der Waals surface area contributed by atoms with Gasteiger partial charge in [0.25, 0.3) is 5.91 Å². The number of aromatic nitrogens is 3. The second kappa shape index (κ2) is 9.14. The van der Waals surface area contributed by atoms with Crippen molar-refractivity contribution in [2.45, 2.75) is 13.3 Å². The number of amides is 1. The molecule has 0 spiro atoms. The first-order valence-electron chi connectivity index (χ1n) is 8.61. The molecule has 28 heavy (non-hydrogen) atoms. The Morgan fingerprint density at radius 3 is 2.68 bits per heavy atom. The van der Waals surface area contributed by atoms with Crippen LogP contribution in [0.5, 0.6) is 0 Å². The Labute approximate surface area is 165 Å². The number of nitrogens with zero attached hydrogens (tertiary/aromatic N) is 3. The summed E-state index contributed by atoms with van der Waals surface area (Å²) in [5.74, 6) is -1.20. The van der Waals surface area contributed by atoms with Crippen molar-refractivity contribution in [3.05, 3.63) is 70.5 Å². The van der Waals surface area contributed by atoms with Crippen LogP contribution in [0.15, 0.2) is 42.9 Å². The fraction of sp³-hybridized carbons (Fsp3) is 0.211. The zero-order valence-corrected chi connectivity index (χ0v) is 15.9. The lowest BCUT2D eigenvalue weighted by Crippen LogP contribution is -2.26. The number of halogens is 1. The van der Waals surface area contributed by atoms with Crippen molar-refractivity contribution < 1.29 is 14.0 Å². The Balaban J connectivity index is 1.45. The minimum absolute atomic E-state index is 0.0258. The third-order valence-electron chi connectivity index (χ3n) is 3.86. The largest absolute Gasteiger partial charge is 0.361 e. The van der Waals surface area contributed by atoms with Crippen LogP contribution < -0.4 is 10.6 Å². The van der Waals surface area contributed by atoms with Gasteiger partial charge in [-0.15, -0.1) is 0 Å². The van der Waals surface area contributed by atoms with E-state index >= 15 is 0 Å². The summed E-state index contributed by atoms with van der Waals surface area (Å²) in [6, 6.07) is 5.84. The summed E-state index contributed by atoms with van der Waals surface area (Å²) in [6.45, 7) is 2.66. The highest BCUT2D eigenvalue weighted by molar-refractivity contribution is 7.17. The van der Waals surface area contributed by atoms with Crippen LogP contribution in [0.4, 0.5) is 9.52 Å². The Kier molecular flexibility index (Phi) is 6.38. The van der Waals surface area contributed by atoms with E-state index in [0.717, 1.165) is 0 Å². The molecule has 2 aromatic heterocycles. The Bertz CT molecular complexity index is 992. The molecule has 3 rings (SSSR count). The minimum atomic E-state index is -0.545. The fourth-order valence-electron chi connectivity index (χ4n) is 2.43. The highest BCUT2D eigenvalue weighted by Gasteiger charge is 2.17. The van der Waals surface area contributed by atoms with Gasteiger partial charge in [0, 0.05) is 25.5 Å². The molecule has 1 aromatic carbocycles. The van der Waals surface area contributed by atoms with Crippen LogP contribution in [-0.2, 0) is 0 Å². The van der Waals surface area contributed by atoms with Crippen molar-refractivity contribution in [1.29, 1.82) is 0 Å². The zero-order chi connectivity index (χ0) is 19.9. The van der Waals surface area contributed by atoms with Crippen LogP contribution in [0.2, 0.25) is 0 Å². The lowest BCUT2D eigenvalue weighted by atomic mass is 10.2. The number of hydrogen-bond donors (Lipinski definition) is 2. The molecule has 2 heterocycles. The minimum Gasteiger partial charge on any atom is -0.361 e. The van der Waals surface area contributed by atoms with Gasteiger partial charge in [0.2, 0.25) is 5.78 Å². The maximum absolute atomic E-state index is 13.5. The van der Waals surface area contributed by atoms with E-state index in [-0.39, 0.29) is 11.3 Å². The number of carbonyl (C=O) groups is 2. The van der Waals surface area contributed by atoms with Gasteiger partial charge in [0.05, 0.1) is 22.3 Å². The third kappa shape index (κ3) is 4.74. The van der Waals surface area contributed by atoms with Crippen LogP contribution >= 0.6 is 11.3 Å². The van der Waals surface area contributed by atoms with Gasteiger partial charge in [-0.2, -0.15) is 0 Å². The SMILES string of the molecule is Cc1nccnc1C(=O)c1cnc(NCCCNC(=O)c2ccccc2F)s1. The molecular weight excluding hydrogens is 381 g/mol. The molecule has 0 fully saturated rings. The van der Waals surface area contributed by atoms with E-state index in [1.54, 1.807) is 13.0 Å². The van der Waals surface area contributed by atoms with Crippen molar-refractivity contribution in [2.75, 3.05) is 18.4 Å². The monoisotopic (exact) mass is 399 g/mol. The Morgan fingerprint density at radius 2 is 1.89 bits per heavy atom. The molecule has 0 saturated carbocycles. The summed E-state index contributed by atoms with van der Waals surface area (Å²) in [4.78, 5) is 37.2. The number of aryl methyl sites for hydroxylation is 1. The smallest absolute Gasteiger partial charge is 0.254 e. The fourth-order valence-corrected chi connectivity index (χ4v) is 3.22. The Morgan fingerprint density at radius 1 is 1.11 bits per heavy atom. The second-order valence-electron chi connectivity index (χ2n) is 5.87. The lowest BCUT2D eigenvalue weighted by molar-refractivity contribution is 0.0948. The van der Waals surface area contributed by atoms with E-state index in [1.807, 2.05) is 0 Å². The van der Waals surface area contributed by atoms with Crippen LogP contribution in [0, 0.1) is 12.7 Å². The number of rotatable bonds is 8. The molecule has 1 amide bonds. The van der Waals surface area contributed by atoms with E-state index in [4.69, 9.17) is 0 Å². The molecule has 0 radical (unpaired) electrons. The molecule has 0 atom stereocenters. The zero-order valence-electron chi connectivity index (χ0n) is 15.1. The van der Waals surface area contributed by atoms with Gasteiger partial charge in [0.15, 0.2) is 5.13 Å². The van der Waals surface area contributed by atoms with Crippen LogP contribution in [0.1, 0.15) is 37.8 Å². The third-order valence-corrected chi connectivity index (χ3v) is 4.81. The van der Waals surface area contributed by atoms with Gasteiger partial charge in [-0.3, -0.25) is 14.6 Å². The molecule has 3 aromatic rings. The standard InChI is InChI=1S/C19H18FN5O2S/c1-12-16(22-10-9-21-12)17(26)15-11-25-19(28-15)24-8-4-7-23-18(27)13-5-2-3-6-14(13)20/h2-3,5-6,9-11H,4,7-8H2,1H3,(H,23,27)(H,24,25). The average Bonchev–Trinajstić information content (AvgIpc) is 3.17. The summed E-state index contributed by atoms with van der Waals surface area (Å²) in [5, 5.41) is 6.38. The van der Waals surface area contributed by atoms with Crippen molar-refractivity contribution in [1.82, 2.24) is 20.3 Å². The number of nitrogens with one attached hydrogen (secondary N) is 2. The molecule has 0 aliphatic rings. The van der Waals surface area contributed by atoms with Gasteiger partial charge in [-0.05, 0) is 25.5 Å². The topological polar surface area (TPSA) is 96.9 Å². The molecule has 2 N–H and O–H groups in total. The van der Waals surface area contributed by atoms with Crippen molar-refractivity contribution in [3.8, 4) is 0 Å². The molecular formula is C19H18FN5O2S. The van der Waals surface area contributed by atoms with Crippen LogP contribution in [0.25, 0.3) is 0 Å². The Hall–Kier alpha value is -3.20. The van der Waals surface area contributed by atoms with Gasteiger partial charge in [-0.1, -0.05) is 23.5 Å². The van der Waals surface area contributed by atoms with Gasteiger partial charge < -0.3 is 10.6 Å². The first kappa shape index (κ1) is 19.6. The van der Waals surface area contributed by atoms with E-state index in [0.29, 0.717) is 40.9 Å². The van der Waals surface area contributed by atoms with E-state index in [2.05, 4.69) is 25.6 Å². The molecule has 0 bridgehead atoms. The van der Waals surface area contributed by atoms with E-state index in [1.165, 1.54) is 48.1 Å². The predicted molar refractivity (Wildman–Crippen MR) is 104 cm³/mol. The van der Waals surface area contributed by atoms with Crippen molar-refractivity contribution >= 4 is 28.2 Å². The number of thiazole rings is 1. The van der Waals surface area contributed by atoms with Gasteiger partial charge >= 0.3 is 0 Å². The second-order valence-corrected chi connectivity index (χ2v) is 6.90. The van der Waals surface area contributed by atoms with Crippen molar-refractivity contribution in [3.63, 3.8) is 0 Å². The number of hydrogen-bond acceptors (Lipinski definition) is 7. The maximum Gasteiger partial charge on any atom is 0.254 e. The first-order chi connectivity index (χ1) is 13.6. The number of carbonyl (C=O) groups excluding carboxylic acids is 2. The van der Waals surface area contributed by atoms with Crippen LogP contribution in [-0.4, -0.2) is 39.7 Å². The lowest BCUT2D eigenvalue weighted by Gasteiger charge is -2.06. The highest BCUT2D eigenvalue weighted by Crippen LogP contribution is 2.21. The molecule has 144 valence electrons. The summed E-state index contributed by atoms with van der Waals surface area (Å²) in [6.07, 6.45) is 5.14. The van der Waals surface area contributed by atoms with E-state index in [9.17, 15) is 14.0 Å². The quantitative estimate of drug-likeness (QED) is 0.447. The molecule has 0 aliphatic heterocycles. The van der Waals surface area contributed by atoms with Gasteiger partial charge in [0.1, 0.15) is 11.5 Å². The molecule has 0 unspecified atom stereocenters. The van der Waals surface area contributed by atoms with Gasteiger partial charge in [-0.25, -0.2) is 14.4 Å². The summed E-state index contributed by atoms with van der Waals surface area (Å²) < 4.78 is 13.5. The summed E-state index contributed by atoms with van der Waals surface area (Å²) in [5.41, 5.74) is 0.910. The number of ketones is 1. The molecule has 0 saturated heterocycles. The number of anilines is 1. The van der Waals surface area contributed by atoms with E-state index < -0.39 is 11.7 Å². The predicted octanol–water partition coefficient (Wildman–Crippen LogP) is 2.84. The molecule has 7 nitrogen and oxygen atoms in total. The normalized spacial score (nSPS) is 10.5. The van der Waals surface area contributed by atoms with Crippen molar-refractivity contribution in [2.24, 2.45) is 0 Å². The number of benzene rings is 1. The maximum atomic E-state index is 13.5. The summed E-state index contributed by atoms with van der Waals surface area (Å²) >= 11 is 1.23. The summed E-state index contributed by atoms with van der Waals surface area (Å²) in [7, 11) is 0. The average molecular weight is 399 g/mol. The first-order valence-corrected chi connectivity index (χ1v) is 9.42. The van der Waals surface area contributed by atoms with Crippen LogP contribution in [0.3, 0.4) is 0 Å². The molecule has 9 heteroatoms.